The minimum Gasteiger partial charge on any atom is -0.467 e. The Balaban J connectivity index is 1.71. The van der Waals surface area contributed by atoms with Crippen molar-refractivity contribution in [3.63, 3.8) is 0 Å². The summed E-state index contributed by atoms with van der Waals surface area (Å²) in [6.45, 7) is 8.40. The predicted octanol–water partition coefficient (Wildman–Crippen LogP) is 3.47. The van der Waals surface area contributed by atoms with Crippen LogP contribution in [-0.2, 0) is 59.1 Å². The van der Waals surface area contributed by atoms with E-state index in [1.165, 1.54) is 36.8 Å². The number of alkyl carbamates (subject to hydrolysis) is 1. The third kappa shape index (κ3) is 15.6. The van der Waals surface area contributed by atoms with Crippen molar-refractivity contribution in [3.05, 3.63) is 130 Å². The molecule has 1 aromatic heterocycles. The highest BCUT2D eigenvalue weighted by Crippen LogP contribution is 2.22. The van der Waals surface area contributed by atoms with Gasteiger partial charge in [-0.25, -0.2) is 14.6 Å². The first-order chi connectivity index (χ1) is 31.3. The Morgan fingerprint density at radius 3 is 1.83 bits per heavy atom. The number of nitrogens with zero attached hydrogens (tertiary/aromatic N) is 3. The van der Waals surface area contributed by atoms with Crippen molar-refractivity contribution in [3.8, 4) is 0 Å². The molecule has 0 saturated heterocycles. The average molecular weight is 913 g/mol. The number of methoxy groups -OCH3 is 1. The van der Waals surface area contributed by atoms with E-state index in [1.807, 2.05) is 0 Å². The number of carbonyl (C=O) groups excluding carboxylic acids is 6. The Hall–Kier alpha value is -6.99. The standard InChI is InChI=1S/C47H60N8O11/c1-7-29(2)41(45(61)65-6)54(40(57)26-39(56)35(48)22-32-18-20-34(21-19-32)55(63)64)44(60)38(25-33-27-49-28-50-33)52-42(58)36(23-30-14-10-8-11-15-30)51-43(59)37(24-31-16-12-9-13-17-31)53-46(62)66-47(3,4)5/h8-21,27-29,35-39,41,56H,7,22-26,48H2,1-6H3,(H,49,50)(H,51,59)(H,52,58)(H,53,62)/t29-,35-,36-,37-,38-,39?,41-/m0/s1. The number of aliphatic hydroxyl groups excluding tert-OH is 1. The highest BCUT2D eigenvalue weighted by Gasteiger charge is 2.43. The van der Waals surface area contributed by atoms with Crippen LogP contribution in [0.4, 0.5) is 10.5 Å². The minimum atomic E-state index is -1.58. The van der Waals surface area contributed by atoms with Crippen molar-refractivity contribution in [2.24, 2.45) is 11.7 Å². The van der Waals surface area contributed by atoms with Gasteiger partial charge in [-0.2, -0.15) is 0 Å². The largest absolute Gasteiger partial charge is 0.467 e. The number of aliphatic hydroxyl groups is 1. The molecule has 0 aliphatic heterocycles. The first-order valence-corrected chi connectivity index (χ1v) is 21.6. The lowest BCUT2D eigenvalue weighted by atomic mass is 9.94. The number of nitrogens with one attached hydrogen (secondary N) is 4. The van der Waals surface area contributed by atoms with E-state index < -0.39 is 94.9 Å². The molecule has 3 aromatic carbocycles. The summed E-state index contributed by atoms with van der Waals surface area (Å²) < 4.78 is 10.6. The number of aromatic nitrogens is 2. The summed E-state index contributed by atoms with van der Waals surface area (Å²) in [5.74, 6) is -5.24. The van der Waals surface area contributed by atoms with Crippen molar-refractivity contribution >= 4 is 41.4 Å². The molecule has 1 heterocycles. The van der Waals surface area contributed by atoms with Crippen LogP contribution in [0.25, 0.3) is 0 Å². The number of imidazole rings is 1. The van der Waals surface area contributed by atoms with E-state index >= 15 is 4.79 Å². The van der Waals surface area contributed by atoms with Gasteiger partial charge in [-0.15, -0.1) is 0 Å². The molecule has 0 bridgehead atoms. The van der Waals surface area contributed by atoms with Gasteiger partial charge in [0.1, 0.15) is 29.8 Å². The Morgan fingerprint density at radius 2 is 1.35 bits per heavy atom. The molecule has 7 N–H and O–H groups in total. The fourth-order valence-electron chi connectivity index (χ4n) is 7.04. The van der Waals surface area contributed by atoms with Crippen molar-refractivity contribution in [2.45, 2.75) is 115 Å². The number of ether oxygens (including phenoxy) is 2. The van der Waals surface area contributed by atoms with Crippen LogP contribution in [0.2, 0.25) is 0 Å². The van der Waals surface area contributed by atoms with E-state index in [2.05, 4.69) is 25.9 Å². The zero-order valence-corrected chi connectivity index (χ0v) is 38.0. The first-order valence-electron chi connectivity index (χ1n) is 21.6. The highest BCUT2D eigenvalue weighted by atomic mass is 16.6. The second kappa shape index (κ2) is 24.3. The highest BCUT2D eigenvalue weighted by molar-refractivity contribution is 6.03. The van der Waals surface area contributed by atoms with Gasteiger partial charge in [0.05, 0.1) is 30.9 Å². The number of carbonyl (C=O) groups is 6. The van der Waals surface area contributed by atoms with Crippen LogP contribution < -0.4 is 21.7 Å². The van der Waals surface area contributed by atoms with E-state index in [9.17, 15) is 39.2 Å². The van der Waals surface area contributed by atoms with Gasteiger partial charge in [0.15, 0.2) is 0 Å². The number of benzene rings is 3. The van der Waals surface area contributed by atoms with E-state index in [1.54, 1.807) is 95.3 Å². The molecule has 19 heteroatoms. The van der Waals surface area contributed by atoms with Crippen LogP contribution in [0.15, 0.2) is 97.5 Å². The van der Waals surface area contributed by atoms with E-state index in [-0.39, 0.29) is 31.4 Å². The van der Waals surface area contributed by atoms with E-state index in [4.69, 9.17) is 15.2 Å². The SMILES string of the molecule is CC[C@H](C)[C@@H](C(=O)OC)N(C(=O)CC(O)[C@@H](N)Cc1ccc([N+](=O)[O-])cc1)C(=O)[C@H](Cc1cnc[nH]1)NC(=O)[C@H](Cc1ccccc1)NC(=O)[C@H](Cc1ccccc1)NC(=O)OC(C)(C)C. The van der Waals surface area contributed by atoms with Crippen LogP contribution in [0.1, 0.15) is 69.8 Å². The summed E-state index contributed by atoms with van der Waals surface area (Å²) in [6, 6.07) is 16.4. The van der Waals surface area contributed by atoms with Gasteiger partial charge >= 0.3 is 12.1 Å². The number of nitro benzene ring substituents is 1. The molecule has 7 atom stereocenters. The number of aromatic amines is 1. The smallest absolute Gasteiger partial charge is 0.408 e. The van der Waals surface area contributed by atoms with Crippen molar-refractivity contribution in [1.82, 2.24) is 30.8 Å². The Kier molecular flexibility index (Phi) is 19.0. The lowest BCUT2D eigenvalue weighted by Crippen LogP contribution is -2.61. The number of non-ortho nitro benzene ring substituents is 1. The van der Waals surface area contributed by atoms with Gasteiger partial charge < -0.3 is 41.2 Å². The summed E-state index contributed by atoms with van der Waals surface area (Å²) in [6.07, 6.45) is -0.441. The van der Waals surface area contributed by atoms with Gasteiger partial charge in [0, 0.05) is 49.3 Å². The van der Waals surface area contributed by atoms with Gasteiger partial charge in [0.25, 0.3) is 11.6 Å². The molecule has 0 fully saturated rings. The number of rotatable bonds is 22. The molecule has 0 radical (unpaired) electrons. The van der Waals surface area contributed by atoms with Crippen LogP contribution in [0, 0.1) is 16.0 Å². The van der Waals surface area contributed by atoms with Crippen molar-refractivity contribution in [1.29, 1.82) is 0 Å². The quantitative estimate of drug-likeness (QED) is 0.0375. The molecule has 0 saturated carbocycles. The monoisotopic (exact) mass is 912 g/mol. The number of amides is 5. The van der Waals surface area contributed by atoms with Crippen LogP contribution in [0.3, 0.4) is 0 Å². The Labute approximate surface area is 383 Å². The molecular formula is C47H60N8O11. The van der Waals surface area contributed by atoms with Crippen LogP contribution >= 0.6 is 0 Å². The first kappa shape index (κ1) is 51.6. The van der Waals surface area contributed by atoms with E-state index in [0.717, 1.165) is 7.11 Å². The Bertz CT molecular complexity index is 2240. The maximum Gasteiger partial charge on any atom is 0.408 e. The maximum atomic E-state index is 15.0. The Morgan fingerprint density at radius 1 is 0.818 bits per heavy atom. The van der Waals surface area contributed by atoms with Gasteiger partial charge in [0.2, 0.25) is 17.7 Å². The minimum absolute atomic E-state index is 0.00128. The number of esters is 1. The molecule has 4 aromatic rings. The number of hydrogen-bond acceptors (Lipinski definition) is 13. The molecule has 1 unspecified atom stereocenters. The molecule has 0 aliphatic carbocycles. The fraction of sp³-hybridized carbons (Fsp3) is 0.426. The predicted molar refractivity (Wildman–Crippen MR) is 242 cm³/mol. The summed E-state index contributed by atoms with van der Waals surface area (Å²) in [4.78, 5) is 103. The second-order valence-electron chi connectivity index (χ2n) is 17.0. The number of H-pyrrole nitrogens is 1. The van der Waals surface area contributed by atoms with Crippen LogP contribution in [0.5, 0.6) is 0 Å². The molecule has 66 heavy (non-hydrogen) atoms. The molecule has 0 spiro atoms. The molecule has 4 rings (SSSR count). The number of hydrogen-bond donors (Lipinski definition) is 6. The number of nitrogens with two attached hydrogens (primary N) is 1. The topological polar surface area (TPSA) is 278 Å². The zero-order valence-electron chi connectivity index (χ0n) is 38.0. The summed E-state index contributed by atoms with van der Waals surface area (Å²) in [5, 5.41) is 30.5. The maximum absolute atomic E-state index is 15.0. The fourth-order valence-corrected chi connectivity index (χ4v) is 7.04. The van der Waals surface area contributed by atoms with Gasteiger partial charge in [-0.1, -0.05) is 93.1 Å². The average Bonchev–Trinajstić information content (AvgIpc) is 3.80. The molecule has 354 valence electrons. The van der Waals surface area contributed by atoms with Crippen LogP contribution in [-0.4, -0.2) is 110 Å². The third-order valence-corrected chi connectivity index (χ3v) is 10.7. The van der Waals surface area contributed by atoms with Gasteiger partial charge in [-0.05, 0) is 49.8 Å². The zero-order chi connectivity index (χ0) is 48.6. The van der Waals surface area contributed by atoms with E-state index in [0.29, 0.717) is 33.7 Å². The number of nitro groups is 1. The molecule has 5 amide bonds. The normalized spacial score (nSPS) is 14.5. The second-order valence-corrected chi connectivity index (χ2v) is 17.0. The van der Waals surface area contributed by atoms with Crippen molar-refractivity contribution < 1.29 is 48.3 Å². The third-order valence-electron chi connectivity index (χ3n) is 10.7. The number of imide groups is 1. The summed E-state index contributed by atoms with van der Waals surface area (Å²) >= 11 is 0. The van der Waals surface area contributed by atoms with Gasteiger partial charge in [-0.3, -0.25) is 34.2 Å². The lowest BCUT2D eigenvalue weighted by molar-refractivity contribution is -0.384. The molecule has 19 nitrogen and oxygen atoms in total. The van der Waals surface area contributed by atoms with Crippen molar-refractivity contribution in [2.75, 3.05) is 7.11 Å². The summed E-state index contributed by atoms with van der Waals surface area (Å²) in [5.41, 5.74) is 7.51. The molecular weight excluding hydrogens is 853 g/mol. The summed E-state index contributed by atoms with van der Waals surface area (Å²) in [7, 11) is 1.10. The lowest BCUT2D eigenvalue weighted by Gasteiger charge is -2.35. The molecule has 0 aliphatic rings.